The van der Waals surface area contributed by atoms with E-state index in [1.54, 1.807) is 32.3 Å². The Labute approximate surface area is 214 Å². The van der Waals surface area contributed by atoms with E-state index in [2.05, 4.69) is 5.32 Å². The standard InChI is InChI=1S/C27H29N3O5S/c1-5-35-27(32)30-13-12-20-23(16-30)36-26(24(20)25(31)29-19-9-6-17(2)7-10-19)28-15-18-8-11-21(33-3)22(14-18)34-4/h6-11,14-15H,5,12-13,16H2,1-4H3,(H,29,31)/b28-15+. The van der Waals surface area contributed by atoms with Crippen molar-refractivity contribution < 1.29 is 23.8 Å². The Kier molecular flexibility index (Phi) is 7.90. The normalized spacial score (nSPS) is 12.8. The number of carbonyl (C=O) groups is 2. The number of anilines is 1. The Morgan fingerprint density at radius 1 is 1.11 bits per heavy atom. The zero-order valence-corrected chi connectivity index (χ0v) is 21.6. The SMILES string of the molecule is CCOC(=O)N1CCc2c(sc(/N=C/c3ccc(OC)c(OC)c3)c2C(=O)Nc2ccc(C)cc2)C1. The van der Waals surface area contributed by atoms with E-state index >= 15 is 0 Å². The van der Waals surface area contributed by atoms with E-state index in [1.807, 2.05) is 49.4 Å². The Bertz CT molecular complexity index is 1280. The van der Waals surface area contributed by atoms with Crippen LogP contribution in [0.4, 0.5) is 15.5 Å². The minimum Gasteiger partial charge on any atom is -0.493 e. The van der Waals surface area contributed by atoms with Crippen LogP contribution >= 0.6 is 11.3 Å². The van der Waals surface area contributed by atoms with Crippen molar-refractivity contribution in [2.75, 3.05) is 32.7 Å². The first-order chi connectivity index (χ1) is 17.4. The zero-order chi connectivity index (χ0) is 25.7. The number of methoxy groups -OCH3 is 2. The van der Waals surface area contributed by atoms with Crippen LogP contribution in [0.15, 0.2) is 47.5 Å². The number of benzene rings is 2. The topological polar surface area (TPSA) is 89.5 Å². The summed E-state index contributed by atoms with van der Waals surface area (Å²) in [5.41, 5.74) is 4.09. The van der Waals surface area contributed by atoms with Gasteiger partial charge in [0.15, 0.2) is 11.5 Å². The molecule has 36 heavy (non-hydrogen) atoms. The summed E-state index contributed by atoms with van der Waals surface area (Å²) in [5.74, 6) is 0.994. The average Bonchev–Trinajstić information content (AvgIpc) is 3.26. The third-order valence-electron chi connectivity index (χ3n) is 5.84. The van der Waals surface area contributed by atoms with Crippen LogP contribution in [-0.4, -0.2) is 50.5 Å². The highest BCUT2D eigenvalue weighted by Gasteiger charge is 2.30. The third kappa shape index (κ3) is 5.52. The van der Waals surface area contributed by atoms with E-state index in [9.17, 15) is 9.59 Å². The molecule has 1 aliphatic rings. The van der Waals surface area contributed by atoms with E-state index in [0.717, 1.165) is 21.6 Å². The molecule has 3 aromatic rings. The van der Waals surface area contributed by atoms with E-state index in [1.165, 1.54) is 11.3 Å². The van der Waals surface area contributed by atoms with Crippen LogP contribution in [0, 0.1) is 6.92 Å². The van der Waals surface area contributed by atoms with Gasteiger partial charge in [-0.25, -0.2) is 9.79 Å². The summed E-state index contributed by atoms with van der Waals surface area (Å²) < 4.78 is 15.9. The molecule has 0 atom stereocenters. The van der Waals surface area contributed by atoms with Gasteiger partial charge in [0.2, 0.25) is 0 Å². The van der Waals surface area contributed by atoms with Gasteiger partial charge in [-0.05, 0) is 61.7 Å². The van der Waals surface area contributed by atoms with Gasteiger partial charge in [-0.15, -0.1) is 11.3 Å². The molecule has 0 saturated heterocycles. The number of nitrogens with zero attached hydrogens (tertiary/aromatic N) is 2. The van der Waals surface area contributed by atoms with Gasteiger partial charge in [0.25, 0.3) is 5.91 Å². The second-order valence-corrected chi connectivity index (χ2v) is 9.33. The number of fused-ring (bicyclic) bond motifs is 1. The molecule has 0 unspecified atom stereocenters. The summed E-state index contributed by atoms with van der Waals surface area (Å²) in [4.78, 5) is 33.0. The van der Waals surface area contributed by atoms with Crippen molar-refractivity contribution in [1.29, 1.82) is 0 Å². The first kappa shape index (κ1) is 25.2. The molecule has 4 rings (SSSR count). The molecule has 8 nitrogen and oxygen atoms in total. The largest absolute Gasteiger partial charge is 0.493 e. The molecule has 0 radical (unpaired) electrons. The van der Waals surface area contributed by atoms with Crippen LogP contribution in [0.5, 0.6) is 11.5 Å². The second kappa shape index (κ2) is 11.3. The van der Waals surface area contributed by atoms with Gasteiger partial charge < -0.3 is 24.4 Å². The summed E-state index contributed by atoms with van der Waals surface area (Å²) in [7, 11) is 3.16. The monoisotopic (exact) mass is 507 g/mol. The number of hydrogen-bond donors (Lipinski definition) is 1. The molecule has 188 valence electrons. The van der Waals surface area contributed by atoms with E-state index in [0.29, 0.717) is 53.9 Å². The summed E-state index contributed by atoms with van der Waals surface area (Å²) in [6.45, 7) is 4.96. The average molecular weight is 508 g/mol. The van der Waals surface area contributed by atoms with Crippen molar-refractivity contribution in [1.82, 2.24) is 4.90 Å². The maximum Gasteiger partial charge on any atom is 0.410 e. The lowest BCUT2D eigenvalue weighted by Crippen LogP contribution is -2.36. The zero-order valence-electron chi connectivity index (χ0n) is 20.8. The Balaban J connectivity index is 1.68. The molecule has 1 aromatic heterocycles. The Morgan fingerprint density at radius 2 is 1.86 bits per heavy atom. The van der Waals surface area contributed by atoms with Crippen molar-refractivity contribution in [3.63, 3.8) is 0 Å². The fraction of sp³-hybridized carbons (Fsp3) is 0.296. The number of hydrogen-bond acceptors (Lipinski definition) is 7. The number of carbonyl (C=O) groups excluding carboxylic acids is 2. The summed E-state index contributed by atoms with van der Waals surface area (Å²) in [6, 6.07) is 13.2. The third-order valence-corrected chi connectivity index (χ3v) is 6.96. The Morgan fingerprint density at radius 3 is 2.56 bits per heavy atom. The smallest absolute Gasteiger partial charge is 0.410 e. The lowest BCUT2D eigenvalue weighted by Gasteiger charge is -2.26. The molecule has 2 amide bonds. The number of amides is 2. The van der Waals surface area contributed by atoms with Crippen LogP contribution < -0.4 is 14.8 Å². The number of ether oxygens (including phenoxy) is 3. The van der Waals surface area contributed by atoms with Gasteiger partial charge in [-0.3, -0.25) is 4.79 Å². The number of rotatable bonds is 7. The predicted molar refractivity (Wildman–Crippen MR) is 141 cm³/mol. The molecular formula is C27H29N3O5S. The summed E-state index contributed by atoms with van der Waals surface area (Å²) >= 11 is 1.42. The Hall–Kier alpha value is -3.85. The van der Waals surface area contributed by atoms with Gasteiger partial charge in [0.1, 0.15) is 5.00 Å². The van der Waals surface area contributed by atoms with Gasteiger partial charge in [-0.2, -0.15) is 0 Å². The van der Waals surface area contributed by atoms with Crippen molar-refractivity contribution >= 4 is 40.2 Å². The first-order valence-electron chi connectivity index (χ1n) is 11.6. The van der Waals surface area contributed by atoms with Crippen molar-refractivity contribution in [2.24, 2.45) is 4.99 Å². The van der Waals surface area contributed by atoms with Gasteiger partial charge in [0.05, 0.1) is 32.9 Å². The highest BCUT2D eigenvalue weighted by Crippen LogP contribution is 2.40. The lowest BCUT2D eigenvalue weighted by molar-refractivity contribution is 0.102. The van der Waals surface area contributed by atoms with E-state index in [-0.39, 0.29) is 12.0 Å². The van der Waals surface area contributed by atoms with Crippen molar-refractivity contribution in [3.05, 3.63) is 69.6 Å². The van der Waals surface area contributed by atoms with Gasteiger partial charge in [0, 0.05) is 23.3 Å². The minimum atomic E-state index is -0.349. The molecule has 1 aliphatic heterocycles. The molecule has 2 aromatic carbocycles. The van der Waals surface area contributed by atoms with Crippen LogP contribution in [0.25, 0.3) is 0 Å². The number of thiophene rings is 1. The number of aliphatic imine (C=N–C) groups is 1. The van der Waals surface area contributed by atoms with E-state index in [4.69, 9.17) is 19.2 Å². The number of nitrogens with one attached hydrogen (secondary N) is 1. The van der Waals surface area contributed by atoms with Crippen LogP contribution in [0.1, 0.15) is 38.8 Å². The van der Waals surface area contributed by atoms with Crippen LogP contribution in [0.3, 0.4) is 0 Å². The fourth-order valence-electron chi connectivity index (χ4n) is 3.98. The molecule has 1 N–H and O–H groups in total. The molecule has 0 spiro atoms. The summed E-state index contributed by atoms with van der Waals surface area (Å²) in [5, 5.41) is 3.59. The maximum atomic E-state index is 13.4. The summed E-state index contributed by atoms with van der Waals surface area (Å²) in [6.07, 6.45) is 1.90. The van der Waals surface area contributed by atoms with Gasteiger partial charge in [-0.1, -0.05) is 17.7 Å². The quantitative estimate of drug-likeness (QED) is 0.421. The molecule has 0 fully saturated rings. The predicted octanol–water partition coefficient (Wildman–Crippen LogP) is 5.59. The maximum absolute atomic E-state index is 13.4. The number of aryl methyl sites for hydroxylation is 1. The second-order valence-electron chi connectivity index (χ2n) is 8.25. The van der Waals surface area contributed by atoms with Crippen molar-refractivity contribution in [2.45, 2.75) is 26.8 Å². The molecule has 0 saturated carbocycles. The molecule has 0 bridgehead atoms. The van der Waals surface area contributed by atoms with Crippen LogP contribution in [-0.2, 0) is 17.7 Å². The highest BCUT2D eigenvalue weighted by molar-refractivity contribution is 7.16. The van der Waals surface area contributed by atoms with Crippen molar-refractivity contribution in [3.8, 4) is 11.5 Å². The highest BCUT2D eigenvalue weighted by atomic mass is 32.1. The van der Waals surface area contributed by atoms with Crippen LogP contribution in [0.2, 0.25) is 0 Å². The fourth-order valence-corrected chi connectivity index (χ4v) is 5.19. The molecule has 2 heterocycles. The molecule has 0 aliphatic carbocycles. The molecular weight excluding hydrogens is 478 g/mol. The first-order valence-corrected chi connectivity index (χ1v) is 12.5. The minimum absolute atomic E-state index is 0.222. The van der Waals surface area contributed by atoms with E-state index < -0.39 is 0 Å². The molecule has 9 heteroatoms. The van der Waals surface area contributed by atoms with Gasteiger partial charge >= 0.3 is 6.09 Å². The lowest BCUT2D eigenvalue weighted by atomic mass is 10.0.